The van der Waals surface area contributed by atoms with Crippen LogP contribution >= 0.6 is 15.6 Å². The van der Waals surface area contributed by atoms with E-state index in [0.717, 1.165) is 0 Å². The first-order valence-electron chi connectivity index (χ1n) is 2.14. The zero-order valence-electron chi connectivity index (χ0n) is 9.22. The van der Waals surface area contributed by atoms with Crippen LogP contribution in [0.3, 0.4) is 0 Å². The number of phosphoric acid groups is 2. The summed E-state index contributed by atoms with van der Waals surface area (Å²) in [5.41, 5.74) is 0. The van der Waals surface area contributed by atoms with Crippen molar-refractivity contribution in [3.05, 3.63) is 0 Å². The molecule has 0 aliphatic carbocycles. The van der Waals surface area contributed by atoms with Gasteiger partial charge in [-0.25, -0.2) is 13.9 Å². The van der Waals surface area contributed by atoms with E-state index in [4.69, 9.17) is 19.8 Å². The van der Waals surface area contributed by atoms with Crippen LogP contribution in [0.5, 0.6) is 0 Å². The molecule has 0 radical (unpaired) electrons. The Morgan fingerprint density at radius 3 is 1.71 bits per heavy atom. The van der Waals surface area contributed by atoms with Crippen molar-refractivity contribution in [2.24, 2.45) is 0 Å². The average Bonchev–Trinajstić information content (AvgIpc) is 1.48. The zero-order valence-corrected chi connectivity index (χ0v) is 13.0. The molecule has 0 fully saturated rings. The summed E-state index contributed by atoms with van der Waals surface area (Å²) in [5, 5.41) is 7.76. The fourth-order valence-corrected chi connectivity index (χ4v) is 1.66. The summed E-state index contributed by atoms with van der Waals surface area (Å²) in [4.78, 5) is 33.8. The Morgan fingerprint density at radius 1 is 1.14 bits per heavy atom. The molecule has 0 rings (SSSR count). The quantitative estimate of drug-likeness (QED) is 0.290. The number of carbonyl (C=O) groups is 1. The molecule has 0 saturated heterocycles. The van der Waals surface area contributed by atoms with Crippen molar-refractivity contribution in [3.63, 3.8) is 0 Å². The van der Waals surface area contributed by atoms with Crippen LogP contribution in [0.1, 0.15) is 2.85 Å². The van der Waals surface area contributed by atoms with Gasteiger partial charge in [-0.1, -0.05) is 0 Å². The Hall–Kier alpha value is 1.57. The summed E-state index contributed by atoms with van der Waals surface area (Å²) in [6.07, 6.45) is -2.19. The van der Waals surface area contributed by atoms with Crippen molar-refractivity contribution < 1.29 is 105 Å². The Labute approximate surface area is 125 Å². The summed E-state index contributed by atoms with van der Waals surface area (Å²) < 4.78 is 26.4. The Morgan fingerprint density at radius 2 is 1.50 bits per heavy atom. The van der Waals surface area contributed by atoms with Gasteiger partial charge in [0.15, 0.2) is 0 Å². The normalized spacial score (nSPS) is 14.2. The molecule has 76 valence electrons. The summed E-state index contributed by atoms with van der Waals surface area (Å²) in [5.74, 6) is 0. The molecule has 0 spiro atoms. The van der Waals surface area contributed by atoms with E-state index in [2.05, 4.69) is 8.83 Å². The molecule has 1 atom stereocenters. The van der Waals surface area contributed by atoms with Crippen molar-refractivity contribution in [2.75, 3.05) is 0 Å². The number of rotatable bonds is 3. The van der Waals surface area contributed by atoms with Gasteiger partial charge in [0.25, 0.3) is 0 Å². The van der Waals surface area contributed by atoms with Crippen LogP contribution in [-0.2, 0) is 18.0 Å². The topological polar surface area (TPSA) is 151 Å². The second-order valence-corrected chi connectivity index (χ2v) is 4.15. The minimum absolute atomic E-state index is 0. The number of hydrogen-bond donors (Lipinski definition) is 4. The first-order valence-corrected chi connectivity index (χ1v) is 5.17. The Bertz CT molecular complexity index is 277. The van der Waals surface area contributed by atoms with E-state index >= 15 is 0 Å². The third kappa shape index (κ3) is 13.6. The molecule has 9 nitrogen and oxygen atoms in total. The maximum atomic E-state index is 10.3. The van der Waals surface area contributed by atoms with Crippen molar-refractivity contribution in [3.8, 4) is 0 Å². The van der Waals surface area contributed by atoms with Gasteiger partial charge in [-0.2, -0.15) is 4.31 Å². The van der Waals surface area contributed by atoms with Gasteiger partial charge in [-0.15, -0.1) is 0 Å². The molecule has 14 heavy (non-hydrogen) atoms. The number of carboxylic acid groups (broad SMARTS) is 1. The van der Waals surface area contributed by atoms with Crippen molar-refractivity contribution in [1.29, 1.82) is 0 Å². The average molecular weight is 270 g/mol. The van der Waals surface area contributed by atoms with Gasteiger partial charge in [0.05, 0.1) is 0 Å². The van der Waals surface area contributed by atoms with Crippen LogP contribution in [-0.4, -0.2) is 25.9 Å². The molecule has 0 aliphatic rings. The third-order valence-electron chi connectivity index (χ3n) is 0.403. The molecule has 0 aromatic carbocycles. The summed E-state index contributed by atoms with van der Waals surface area (Å²) in [6, 6.07) is 0. The summed E-state index contributed by atoms with van der Waals surface area (Å²) in [6.45, 7) is 0. The van der Waals surface area contributed by atoms with Gasteiger partial charge >= 0.3 is 80.9 Å². The van der Waals surface area contributed by atoms with Gasteiger partial charge in [0.1, 0.15) is 0 Å². The Balaban J connectivity index is -0.000000101. The molecule has 0 aromatic heterocycles. The fourth-order valence-electron chi connectivity index (χ4n) is 0.250. The van der Waals surface area contributed by atoms with Gasteiger partial charge in [-0.05, 0) is 0 Å². The van der Waals surface area contributed by atoms with E-state index in [1.54, 1.807) is 0 Å². The van der Waals surface area contributed by atoms with Crippen LogP contribution in [0, 0.1) is 0 Å². The van der Waals surface area contributed by atoms with Crippen molar-refractivity contribution in [1.82, 2.24) is 0 Å². The van der Waals surface area contributed by atoms with Crippen LogP contribution < -0.4 is 59.1 Å². The van der Waals surface area contributed by atoms with E-state index in [-0.39, 0.29) is 62.0 Å². The van der Waals surface area contributed by atoms with Gasteiger partial charge in [0, 0.05) is 0 Å². The van der Waals surface area contributed by atoms with E-state index in [1.807, 2.05) is 0 Å². The monoisotopic (exact) mass is 270 g/mol. The standard InChI is InChI=1S/CH4O9P2.2Na.2H/c2-1(3)9-12(7,8)10-11(4,5)6;;;;/h(H,2,3)(H,7,8)(H2,4,5,6);;;;/q;2*+1;2*-1. The van der Waals surface area contributed by atoms with E-state index in [0.29, 0.717) is 0 Å². The fraction of sp³-hybridized carbons (Fsp3) is 0. The molecule has 13 heteroatoms. The van der Waals surface area contributed by atoms with Crippen molar-refractivity contribution >= 4 is 21.8 Å². The number of hydrogen-bond acceptors (Lipinski definition) is 5. The van der Waals surface area contributed by atoms with Crippen LogP contribution in [0.25, 0.3) is 0 Å². The smallest absolute Gasteiger partial charge is 1.00 e. The zero-order chi connectivity index (χ0) is 9.99. The molecule has 0 aliphatic heterocycles. The minimum Gasteiger partial charge on any atom is -1.00 e. The summed E-state index contributed by atoms with van der Waals surface area (Å²) in [7, 11) is -10.5. The summed E-state index contributed by atoms with van der Waals surface area (Å²) >= 11 is 0. The maximum Gasteiger partial charge on any atom is 1.00 e. The third-order valence-corrected chi connectivity index (χ3v) is 2.47. The van der Waals surface area contributed by atoms with Gasteiger partial charge in [0.2, 0.25) is 0 Å². The first kappa shape index (κ1) is 20.9. The van der Waals surface area contributed by atoms with E-state index in [1.165, 1.54) is 0 Å². The largest absolute Gasteiger partial charge is 1.00 e. The SMILES string of the molecule is O=C(O)OP(=O)(O)OP(=O)(O)O.[H-].[H-].[Na+].[Na+]. The van der Waals surface area contributed by atoms with Crippen LogP contribution in [0.15, 0.2) is 0 Å². The number of phosphoric ester groups is 1. The predicted octanol–water partition coefficient (Wildman–Crippen LogP) is -5.88. The first-order chi connectivity index (χ1) is 5.12. The molecular formula is CH6Na2O9P2. The second kappa shape index (κ2) is 7.78. The molecule has 0 aromatic rings. The van der Waals surface area contributed by atoms with E-state index < -0.39 is 21.8 Å². The van der Waals surface area contributed by atoms with Crippen LogP contribution in [0.4, 0.5) is 4.79 Å². The predicted molar refractivity (Wildman–Crippen MR) is 34.3 cm³/mol. The minimum atomic E-state index is -5.24. The maximum absolute atomic E-state index is 10.3. The molecule has 0 bridgehead atoms. The molecule has 0 amide bonds. The van der Waals surface area contributed by atoms with Crippen molar-refractivity contribution in [2.45, 2.75) is 0 Å². The van der Waals surface area contributed by atoms with Crippen LogP contribution in [0.2, 0.25) is 0 Å². The second-order valence-electron chi connectivity index (χ2n) is 1.40. The molecule has 0 saturated carbocycles. The van der Waals surface area contributed by atoms with Gasteiger partial charge < -0.3 is 22.3 Å². The molecule has 1 unspecified atom stereocenters. The molecule has 0 heterocycles. The molecular weight excluding hydrogens is 264 g/mol. The Kier molecular flexibility index (Phi) is 11.6. The molecule has 4 N–H and O–H groups in total. The van der Waals surface area contributed by atoms with Gasteiger partial charge in [-0.3, -0.25) is 4.89 Å². The van der Waals surface area contributed by atoms with E-state index in [9.17, 15) is 13.9 Å².